The Morgan fingerprint density at radius 1 is 1.41 bits per heavy atom. The van der Waals surface area contributed by atoms with Gasteiger partial charge in [-0.15, -0.1) is 0 Å². The van der Waals surface area contributed by atoms with Gasteiger partial charge in [-0.2, -0.15) is 0 Å². The summed E-state index contributed by atoms with van der Waals surface area (Å²) in [5, 5.41) is 2.92. The second kappa shape index (κ2) is 7.90. The molecule has 17 heavy (non-hydrogen) atoms. The van der Waals surface area contributed by atoms with E-state index in [2.05, 4.69) is 5.32 Å². The zero-order chi connectivity index (χ0) is 12.5. The molecule has 0 aromatic carbocycles. The van der Waals surface area contributed by atoms with Crippen molar-refractivity contribution < 1.29 is 9.21 Å². The zero-order valence-corrected chi connectivity index (χ0v) is 10.4. The highest BCUT2D eigenvalue weighted by Crippen LogP contribution is 2.12. The highest BCUT2D eigenvalue weighted by Gasteiger charge is 2.10. The van der Waals surface area contributed by atoms with Crippen LogP contribution in [0, 0.1) is 0 Å². The molecule has 4 nitrogen and oxygen atoms in total. The van der Waals surface area contributed by atoms with Gasteiger partial charge in [-0.1, -0.05) is 12.8 Å². The summed E-state index contributed by atoms with van der Waals surface area (Å²) in [6, 6.07) is 3.64. The van der Waals surface area contributed by atoms with Crippen LogP contribution in [0.4, 0.5) is 0 Å². The highest BCUT2D eigenvalue weighted by atomic mass is 16.3. The van der Waals surface area contributed by atoms with E-state index in [1.807, 2.05) is 19.1 Å². The van der Waals surface area contributed by atoms with Gasteiger partial charge in [0.15, 0.2) is 0 Å². The first kappa shape index (κ1) is 13.8. The van der Waals surface area contributed by atoms with E-state index >= 15 is 0 Å². The Balaban J connectivity index is 2.12. The number of carbonyl (C=O) groups is 1. The van der Waals surface area contributed by atoms with Gasteiger partial charge >= 0.3 is 0 Å². The number of unbranched alkanes of at least 4 members (excludes halogenated alkanes) is 3. The monoisotopic (exact) mass is 238 g/mol. The van der Waals surface area contributed by atoms with Crippen LogP contribution in [0.3, 0.4) is 0 Å². The molecule has 1 atom stereocenters. The second-order valence-electron chi connectivity index (χ2n) is 4.26. The number of hydrogen-bond acceptors (Lipinski definition) is 3. The predicted molar refractivity (Wildman–Crippen MR) is 67.4 cm³/mol. The minimum Gasteiger partial charge on any atom is -0.467 e. The van der Waals surface area contributed by atoms with Crippen LogP contribution in [0.2, 0.25) is 0 Å². The molecule has 0 saturated heterocycles. The Morgan fingerprint density at radius 3 is 2.82 bits per heavy atom. The van der Waals surface area contributed by atoms with Crippen molar-refractivity contribution in [3.05, 3.63) is 24.2 Å². The van der Waals surface area contributed by atoms with Gasteiger partial charge in [0.2, 0.25) is 5.91 Å². The molecule has 0 aliphatic rings. The first-order valence-corrected chi connectivity index (χ1v) is 6.27. The van der Waals surface area contributed by atoms with Crippen molar-refractivity contribution in [1.29, 1.82) is 0 Å². The third-order valence-corrected chi connectivity index (χ3v) is 2.71. The summed E-state index contributed by atoms with van der Waals surface area (Å²) in [6.07, 6.45) is 6.35. The molecule has 0 aliphatic heterocycles. The molecule has 4 heteroatoms. The molecule has 0 bridgehead atoms. The van der Waals surface area contributed by atoms with Gasteiger partial charge in [0.05, 0.1) is 12.3 Å². The summed E-state index contributed by atoms with van der Waals surface area (Å²) >= 11 is 0. The number of nitrogens with two attached hydrogens (primary N) is 1. The summed E-state index contributed by atoms with van der Waals surface area (Å²) < 4.78 is 5.23. The van der Waals surface area contributed by atoms with Crippen LogP contribution in [0.5, 0.6) is 0 Å². The van der Waals surface area contributed by atoms with Gasteiger partial charge in [0.1, 0.15) is 5.76 Å². The quantitative estimate of drug-likeness (QED) is 0.683. The molecule has 0 aliphatic carbocycles. The standard InChI is InChI=1S/C13H22N2O2/c1-11(12-7-6-10-17-12)15-13(16)8-4-2-3-5-9-14/h6-7,10-11H,2-5,8-9,14H2,1H3,(H,15,16)/t11-/m1/s1. The smallest absolute Gasteiger partial charge is 0.220 e. The second-order valence-corrected chi connectivity index (χ2v) is 4.26. The maximum absolute atomic E-state index is 11.6. The van der Waals surface area contributed by atoms with Crippen LogP contribution in [0.15, 0.2) is 22.8 Å². The van der Waals surface area contributed by atoms with E-state index in [4.69, 9.17) is 10.2 Å². The van der Waals surface area contributed by atoms with Gasteiger partial charge < -0.3 is 15.5 Å². The van der Waals surface area contributed by atoms with Gasteiger partial charge in [0, 0.05) is 6.42 Å². The van der Waals surface area contributed by atoms with Crippen molar-refractivity contribution in [3.8, 4) is 0 Å². The van der Waals surface area contributed by atoms with Gasteiger partial charge in [-0.05, 0) is 38.4 Å². The number of nitrogens with one attached hydrogen (secondary N) is 1. The molecule has 3 N–H and O–H groups in total. The molecule has 0 radical (unpaired) electrons. The summed E-state index contributed by atoms with van der Waals surface area (Å²) in [5.41, 5.74) is 5.40. The molecule has 1 heterocycles. The lowest BCUT2D eigenvalue weighted by Crippen LogP contribution is -2.25. The fourth-order valence-electron chi connectivity index (χ4n) is 1.71. The van der Waals surface area contributed by atoms with Gasteiger partial charge in [-0.25, -0.2) is 0 Å². The molecule has 0 saturated carbocycles. The Kier molecular flexibility index (Phi) is 6.40. The molecule has 0 spiro atoms. The molecule has 1 amide bonds. The Bertz CT molecular complexity index is 309. The Hall–Kier alpha value is -1.29. The number of furan rings is 1. The molecular weight excluding hydrogens is 216 g/mol. The van der Waals surface area contributed by atoms with Crippen LogP contribution in [-0.2, 0) is 4.79 Å². The molecule has 0 fully saturated rings. The SMILES string of the molecule is C[C@@H](NC(=O)CCCCCCN)c1ccco1. The number of hydrogen-bond donors (Lipinski definition) is 2. The maximum Gasteiger partial charge on any atom is 0.220 e. The molecule has 1 aromatic heterocycles. The fraction of sp³-hybridized carbons (Fsp3) is 0.615. The van der Waals surface area contributed by atoms with Crippen LogP contribution in [-0.4, -0.2) is 12.5 Å². The lowest BCUT2D eigenvalue weighted by Gasteiger charge is -2.11. The average molecular weight is 238 g/mol. The highest BCUT2D eigenvalue weighted by molar-refractivity contribution is 5.76. The first-order valence-electron chi connectivity index (χ1n) is 6.27. The maximum atomic E-state index is 11.6. The van der Waals surface area contributed by atoms with E-state index in [1.165, 1.54) is 0 Å². The third kappa shape index (κ3) is 5.54. The molecule has 96 valence electrons. The number of amides is 1. The van der Waals surface area contributed by atoms with E-state index in [0.717, 1.165) is 38.0 Å². The van der Waals surface area contributed by atoms with E-state index in [-0.39, 0.29) is 11.9 Å². The first-order chi connectivity index (χ1) is 8.24. The van der Waals surface area contributed by atoms with Gasteiger partial charge in [0.25, 0.3) is 0 Å². The minimum absolute atomic E-state index is 0.0541. The summed E-state index contributed by atoms with van der Waals surface area (Å²) in [5.74, 6) is 0.878. The van der Waals surface area contributed by atoms with Crippen LogP contribution in [0.25, 0.3) is 0 Å². The topological polar surface area (TPSA) is 68.3 Å². The molecule has 1 rings (SSSR count). The third-order valence-electron chi connectivity index (χ3n) is 2.71. The average Bonchev–Trinajstić information content (AvgIpc) is 2.82. The van der Waals surface area contributed by atoms with E-state index < -0.39 is 0 Å². The van der Waals surface area contributed by atoms with Crippen LogP contribution in [0.1, 0.15) is 50.8 Å². The summed E-state index contributed by atoms with van der Waals surface area (Å²) in [4.78, 5) is 11.6. The number of rotatable bonds is 8. The number of carbonyl (C=O) groups excluding carboxylic acids is 1. The van der Waals surface area contributed by atoms with Crippen molar-refractivity contribution in [2.45, 2.75) is 45.1 Å². The van der Waals surface area contributed by atoms with Crippen molar-refractivity contribution in [2.24, 2.45) is 5.73 Å². The minimum atomic E-state index is -0.0541. The van der Waals surface area contributed by atoms with E-state index in [9.17, 15) is 4.79 Å². The Morgan fingerprint density at radius 2 is 2.18 bits per heavy atom. The summed E-state index contributed by atoms with van der Waals surface area (Å²) in [6.45, 7) is 2.66. The molecular formula is C13H22N2O2. The van der Waals surface area contributed by atoms with Crippen molar-refractivity contribution in [1.82, 2.24) is 5.32 Å². The Labute approximate surface area is 103 Å². The van der Waals surface area contributed by atoms with Crippen LogP contribution >= 0.6 is 0 Å². The molecule has 1 aromatic rings. The summed E-state index contributed by atoms with van der Waals surface area (Å²) in [7, 11) is 0. The zero-order valence-electron chi connectivity index (χ0n) is 10.4. The predicted octanol–water partition coefficient (Wildman–Crippen LogP) is 2.37. The van der Waals surface area contributed by atoms with E-state index in [1.54, 1.807) is 6.26 Å². The van der Waals surface area contributed by atoms with Crippen LogP contribution < -0.4 is 11.1 Å². The molecule has 0 unspecified atom stereocenters. The lowest BCUT2D eigenvalue weighted by atomic mass is 10.1. The van der Waals surface area contributed by atoms with Crippen molar-refractivity contribution in [2.75, 3.05) is 6.54 Å². The van der Waals surface area contributed by atoms with Crippen molar-refractivity contribution >= 4 is 5.91 Å². The normalized spacial score (nSPS) is 12.4. The lowest BCUT2D eigenvalue weighted by molar-refractivity contribution is -0.122. The van der Waals surface area contributed by atoms with Crippen molar-refractivity contribution in [3.63, 3.8) is 0 Å². The van der Waals surface area contributed by atoms with E-state index in [0.29, 0.717) is 6.42 Å². The largest absolute Gasteiger partial charge is 0.467 e. The van der Waals surface area contributed by atoms with Gasteiger partial charge in [-0.3, -0.25) is 4.79 Å². The fourth-order valence-corrected chi connectivity index (χ4v) is 1.71.